The molecule has 4 amide bonds. The monoisotopic (exact) mass is 723 g/mol. The molecule has 2 saturated carbocycles. The van der Waals surface area contributed by atoms with E-state index in [0.717, 1.165) is 47.7 Å². The number of hydrogen-bond donors (Lipinski definition) is 2. The number of ether oxygens (including phenoxy) is 2. The van der Waals surface area contributed by atoms with Gasteiger partial charge in [0.05, 0.1) is 26.3 Å². The summed E-state index contributed by atoms with van der Waals surface area (Å²) >= 11 is 0. The Balaban J connectivity index is 1.19. The first kappa shape index (κ1) is 37.8. The van der Waals surface area contributed by atoms with Gasteiger partial charge in [0.1, 0.15) is 11.5 Å². The zero-order chi connectivity index (χ0) is 37.5. The Bertz CT molecular complexity index is 1780. The van der Waals surface area contributed by atoms with Gasteiger partial charge in [-0.05, 0) is 117 Å². The number of fused-ring (bicyclic) bond motifs is 3. The fourth-order valence-corrected chi connectivity index (χ4v) is 8.42. The number of nitrogens with one attached hydrogen (secondary N) is 1. The second-order valence-electron chi connectivity index (χ2n) is 15.2. The lowest BCUT2D eigenvalue weighted by Crippen LogP contribution is -2.44. The topological polar surface area (TPSA) is 135 Å². The van der Waals surface area contributed by atoms with E-state index in [1.54, 1.807) is 18.1 Å². The van der Waals surface area contributed by atoms with Crippen LogP contribution in [-0.2, 0) is 27.3 Å². The van der Waals surface area contributed by atoms with E-state index in [1.165, 1.54) is 24.2 Å². The van der Waals surface area contributed by atoms with Crippen LogP contribution < -0.4 is 20.5 Å². The van der Waals surface area contributed by atoms with Gasteiger partial charge in [0.25, 0.3) is 5.91 Å². The van der Waals surface area contributed by atoms with Crippen molar-refractivity contribution in [3.05, 3.63) is 89.0 Å². The average molecular weight is 724 g/mol. The van der Waals surface area contributed by atoms with Crippen LogP contribution >= 0.6 is 0 Å². The summed E-state index contributed by atoms with van der Waals surface area (Å²) in [5, 5.41) is 3.06. The van der Waals surface area contributed by atoms with Crippen molar-refractivity contribution in [3.63, 3.8) is 0 Å². The van der Waals surface area contributed by atoms with Crippen LogP contribution in [0, 0.1) is 17.8 Å². The van der Waals surface area contributed by atoms with Gasteiger partial charge in [0.2, 0.25) is 17.7 Å². The first-order chi connectivity index (χ1) is 25.6. The standard InChI is InChI=1S/C42H53N5O6/c1-45(2)17-5-19-53-35-14-11-30(12-15-35)38-23-32-10-13-34(44-40(49)24-33-21-28-8-9-31(33)20-28)25-37(32)42(51)47(38)18-16-41(50)46(27-39(43)48)26-29-6-4-7-36(22-29)52-3/h4,6-7,10-15,22,25,28,31,33,38H,5,8-9,16-21,23-24,26-27H2,1-3H3,(H2,43,48)(H,44,49). The summed E-state index contributed by atoms with van der Waals surface area (Å²) in [5.74, 6) is 2.10. The molecule has 1 aliphatic heterocycles. The minimum Gasteiger partial charge on any atom is -0.497 e. The Morgan fingerprint density at radius 1 is 0.981 bits per heavy atom. The van der Waals surface area contributed by atoms with Gasteiger partial charge >= 0.3 is 0 Å². The van der Waals surface area contributed by atoms with E-state index in [0.29, 0.717) is 48.3 Å². The van der Waals surface area contributed by atoms with Crippen LogP contribution in [0.25, 0.3) is 0 Å². The Morgan fingerprint density at radius 3 is 2.49 bits per heavy atom. The van der Waals surface area contributed by atoms with Crippen LogP contribution in [-0.4, -0.2) is 85.8 Å². The minimum absolute atomic E-state index is 0.0120. The lowest BCUT2D eigenvalue weighted by Gasteiger charge is -2.37. The lowest BCUT2D eigenvalue weighted by atomic mass is 9.86. The number of nitrogens with zero attached hydrogens (tertiary/aromatic N) is 3. The molecule has 3 N–H and O–H groups in total. The van der Waals surface area contributed by atoms with E-state index in [1.807, 2.05) is 74.8 Å². The summed E-state index contributed by atoms with van der Waals surface area (Å²) in [5.41, 5.74) is 9.27. The van der Waals surface area contributed by atoms with Gasteiger partial charge in [-0.1, -0.05) is 36.8 Å². The smallest absolute Gasteiger partial charge is 0.254 e. The molecule has 1 heterocycles. The minimum atomic E-state index is -0.624. The Kier molecular flexibility index (Phi) is 12.3. The molecule has 11 heteroatoms. The summed E-state index contributed by atoms with van der Waals surface area (Å²) in [7, 11) is 5.63. The molecule has 2 bridgehead atoms. The maximum atomic E-state index is 14.4. The Morgan fingerprint density at radius 2 is 1.79 bits per heavy atom. The van der Waals surface area contributed by atoms with Crippen molar-refractivity contribution >= 4 is 29.3 Å². The maximum absolute atomic E-state index is 14.4. The van der Waals surface area contributed by atoms with Crippen LogP contribution in [0.2, 0.25) is 0 Å². The normalized spacial score (nSPS) is 20.3. The largest absolute Gasteiger partial charge is 0.497 e. The molecule has 0 radical (unpaired) electrons. The van der Waals surface area contributed by atoms with Crippen molar-refractivity contribution in [1.82, 2.24) is 14.7 Å². The fraction of sp³-hybridized carbons (Fsp3) is 0.476. The predicted octanol–water partition coefficient (Wildman–Crippen LogP) is 5.43. The quantitative estimate of drug-likeness (QED) is 0.177. The molecule has 2 aliphatic carbocycles. The van der Waals surface area contributed by atoms with E-state index in [-0.39, 0.29) is 49.8 Å². The predicted molar refractivity (Wildman–Crippen MR) is 203 cm³/mol. The van der Waals surface area contributed by atoms with E-state index in [4.69, 9.17) is 15.2 Å². The second kappa shape index (κ2) is 17.3. The summed E-state index contributed by atoms with van der Waals surface area (Å²) in [6, 6.07) is 20.3. The third kappa shape index (κ3) is 9.75. The summed E-state index contributed by atoms with van der Waals surface area (Å²) in [6.07, 6.45) is 6.83. The van der Waals surface area contributed by atoms with Crippen LogP contribution in [0.4, 0.5) is 5.69 Å². The van der Waals surface area contributed by atoms with E-state index >= 15 is 0 Å². The second-order valence-corrected chi connectivity index (χ2v) is 15.2. The molecule has 53 heavy (non-hydrogen) atoms. The third-order valence-corrected chi connectivity index (χ3v) is 11.1. The van der Waals surface area contributed by atoms with Crippen molar-refractivity contribution in [2.24, 2.45) is 23.5 Å². The van der Waals surface area contributed by atoms with Gasteiger partial charge in [-0.15, -0.1) is 0 Å². The van der Waals surface area contributed by atoms with Crippen LogP contribution in [0.5, 0.6) is 11.5 Å². The van der Waals surface area contributed by atoms with Crippen molar-refractivity contribution in [1.29, 1.82) is 0 Å². The highest BCUT2D eigenvalue weighted by Crippen LogP contribution is 2.49. The number of carbonyl (C=O) groups excluding carboxylic acids is 4. The van der Waals surface area contributed by atoms with Gasteiger partial charge in [-0.2, -0.15) is 0 Å². The van der Waals surface area contributed by atoms with E-state index in [9.17, 15) is 19.2 Å². The molecule has 282 valence electrons. The van der Waals surface area contributed by atoms with Crippen LogP contribution in [0.1, 0.15) is 78.0 Å². The lowest BCUT2D eigenvalue weighted by molar-refractivity contribution is -0.136. The van der Waals surface area contributed by atoms with Gasteiger partial charge in [0, 0.05) is 43.7 Å². The first-order valence-electron chi connectivity index (χ1n) is 18.9. The summed E-state index contributed by atoms with van der Waals surface area (Å²) in [4.78, 5) is 58.6. The van der Waals surface area contributed by atoms with Gasteiger partial charge in [-0.25, -0.2) is 0 Å². The number of anilines is 1. The SMILES string of the molecule is COc1cccc(CN(CC(N)=O)C(=O)CCN2C(=O)c3cc(NC(=O)CC4CC5CCC4C5)ccc3CC2c2ccc(OCCCN(C)C)cc2)c1. The molecule has 4 atom stereocenters. The summed E-state index contributed by atoms with van der Waals surface area (Å²) < 4.78 is 11.3. The number of benzene rings is 3. The zero-order valence-corrected chi connectivity index (χ0v) is 31.2. The highest BCUT2D eigenvalue weighted by molar-refractivity contribution is 6.00. The molecule has 6 rings (SSSR count). The van der Waals surface area contributed by atoms with Crippen LogP contribution in [0.3, 0.4) is 0 Å². The zero-order valence-electron chi connectivity index (χ0n) is 31.2. The number of hydrogen-bond acceptors (Lipinski definition) is 7. The average Bonchev–Trinajstić information content (AvgIpc) is 3.76. The van der Waals surface area contributed by atoms with E-state index in [2.05, 4.69) is 10.2 Å². The van der Waals surface area contributed by atoms with Crippen molar-refractivity contribution in [2.45, 2.75) is 64.0 Å². The molecular weight excluding hydrogens is 670 g/mol. The molecule has 0 saturated heterocycles. The molecular formula is C42H53N5O6. The number of rotatable bonds is 17. The molecule has 3 aromatic carbocycles. The first-order valence-corrected chi connectivity index (χ1v) is 18.9. The molecule has 4 unspecified atom stereocenters. The molecule has 3 aromatic rings. The molecule has 0 spiro atoms. The highest BCUT2D eigenvalue weighted by atomic mass is 16.5. The van der Waals surface area contributed by atoms with E-state index < -0.39 is 5.91 Å². The number of carbonyl (C=O) groups is 4. The van der Waals surface area contributed by atoms with Gasteiger partial charge in [-0.3, -0.25) is 19.2 Å². The number of primary amides is 1. The van der Waals surface area contributed by atoms with Crippen molar-refractivity contribution < 1.29 is 28.7 Å². The molecule has 3 aliphatic rings. The van der Waals surface area contributed by atoms with Crippen molar-refractivity contribution in [2.75, 3.05) is 52.8 Å². The maximum Gasteiger partial charge on any atom is 0.254 e. The molecule has 0 aromatic heterocycles. The Hall–Kier alpha value is -4.90. The fourth-order valence-electron chi connectivity index (χ4n) is 8.42. The van der Waals surface area contributed by atoms with Crippen LogP contribution in [0.15, 0.2) is 66.7 Å². The summed E-state index contributed by atoms with van der Waals surface area (Å²) in [6.45, 7) is 1.56. The van der Waals surface area contributed by atoms with Crippen molar-refractivity contribution in [3.8, 4) is 11.5 Å². The van der Waals surface area contributed by atoms with Gasteiger partial charge < -0.3 is 35.2 Å². The molecule has 2 fully saturated rings. The van der Waals surface area contributed by atoms with Gasteiger partial charge in [0.15, 0.2) is 0 Å². The Labute approximate surface area is 312 Å². The molecule has 11 nitrogen and oxygen atoms in total. The number of nitrogens with two attached hydrogens (primary N) is 1. The highest BCUT2D eigenvalue weighted by Gasteiger charge is 2.40. The third-order valence-electron chi connectivity index (χ3n) is 11.1. The number of amides is 4. The number of methoxy groups -OCH3 is 1.